The maximum absolute atomic E-state index is 11.9. The zero-order chi connectivity index (χ0) is 21.8. The first kappa shape index (κ1) is 21.3. The Kier molecular flexibility index (Phi) is 5.38. The van der Waals surface area contributed by atoms with Crippen LogP contribution in [0.25, 0.3) is 0 Å². The van der Waals surface area contributed by atoms with Crippen LogP contribution in [0.3, 0.4) is 0 Å². The smallest absolute Gasteiger partial charge is 0.313 e. The molecule has 1 saturated carbocycles. The Morgan fingerprint density at radius 2 is 1.94 bits per heavy atom. The van der Waals surface area contributed by atoms with Crippen LogP contribution in [-0.4, -0.2) is 41.7 Å². The highest BCUT2D eigenvalue weighted by Gasteiger charge is 2.69. The second-order valence-corrected chi connectivity index (χ2v) is 9.91. The topological polar surface area (TPSA) is 83.5 Å². The number of fused-ring (bicyclic) bond motifs is 2. The predicted octanol–water partition coefficient (Wildman–Crippen LogP) is 4.08. The van der Waals surface area contributed by atoms with Gasteiger partial charge in [0, 0.05) is 18.3 Å². The third-order valence-electron chi connectivity index (χ3n) is 8.02. The molecule has 1 aliphatic carbocycles. The second-order valence-electron chi connectivity index (χ2n) is 9.91. The average molecular weight is 433 g/mol. The summed E-state index contributed by atoms with van der Waals surface area (Å²) in [5.41, 5.74) is 0.0778. The summed E-state index contributed by atoms with van der Waals surface area (Å²) in [6.45, 7) is 6.31. The predicted molar refractivity (Wildman–Crippen MR) is 110 cm³/mol. The number of benzene rings is 1. The number of carbonyl (C=O) groups is 1. The van der Waals surface area contributed by atoms with Gasteiger partial charge < -0.3 is 19.3 Å². The number of hydrogen-bond acceptors (Lipinski definition) is 6. The van der Waals surface area contributed by atoms with Crippen molar-refractivity contribution in [3.8, 4) is 0 Å². The molecular formula is C24H32O7. The minimum atomic E-state index is -0.910. The first-order chi connectivity index (χ1) is 14.8. The first-order valence-electron chi connectivity index (χ1n) is 11.4. The third-order valence-corrected chi connectivity index (χ3v) is 8.02. The molecule has 5 fully saturated rings. The number of hydrogen-bond donors (Lipinski definition) is 1. The van der Waals surface area contributed by atoms with E-state index in [-0.39, 0.29) is 18.4 Å². The molecule has 6 rings (SSSR count). The molecule has 1 N–H and O–H groups in total. The molecule has 1 aromatic carbocycles. The normalized spacial score (nSPS) is 44.9. The van der Waals surface area contributed by atoms with E-state index in [1.165, 1.54) is 0 Å². The van der Waals surface area contributed by atoms with Gasteiger partial charge in [0.15, 0.2) is 18.2 Å². The van der Waals surface area contributed by atoms with Crippen molar-refractivity contribution in [2.75, 3.05) is 6.61 Å². The Morgan fingerprint density at radius 1 is 1.16 bits per heavy atom. The molecule has 31 heavy (non-hydrogen) atoms. The van der Waals surface area contributed by atoms with E-state index < -0.39 is 35.9 Å². The van der Waals surface area contributed by atoms with Gasteiger partial charge in [-0.25, -0.2) is 9.78 Å². The van der Waals surface area contributed by atoms with Crippen LogP contribution in [-0.2, 0) is 28.8 Å². The minimum Gasteiger partial charge on any atom is -0.481 e. The summed E-state index contributed by atoms with van der Waals surface area (Å²) in [6, 6.07) is 9.18. The van der Waals surface area contributed by atoms with Crippen LogP contribution < -0.4 is 0 Å². The Hall–Kier alpha value is -1.51. The molecule has 5 aliphatic rings. The fourth-order valence-corrected chi connectivity index (χ4v) is 6.25. The second kappa shape index (κ2) is 7.81. The molecule has 4 saturated heterocycles. The van der Waals surface area contributed by atoms with Crippen molar-refractivity contribution in [2.24, 2.45) is 23.7 Å². The number of aliphatic carboxylic acids is 1. The molecule has 0 radical (unpaired) electrons. The van der Waals surface area contributed by atoms with Crippen molar-refractivity contribution in [3.63, 3.8) is 0 Å². The molecule has 0 aromatic heterocycles. The van der Waals surface area contributed by atoms with Crippen molar-refractivity contribution in [1.29, 1.82) is 0 Å². The van der Waals surface area contributed by atoms with Crippen LogP contribution >= 0.6 is 0 Å². The summed E-state index contributed by atoms with van der Waals surface area (Å²) in [5, 5.41) is 9.75. The first-order valence-corrected chi connectivity index (χ1v) is 11.4. The van der Waals surface area contributed by atoms with Crippen LogP contribution in [0.4, 0.5) is 0 Å². The van der Waals surface area contributed by atoms with E-state index in [0.717, 1.165) is 31.2 Å². The summed E-state index contributed by atoms with van der Waals surface area (Å²) < 4.78 is 18.8. The summed E-state index contributed by atoms with van der Waals surface area (Å²) in [5.74, 6) is -1.54. The molecule has 4 aliphatic heterocycles. The van der Waals surface area contributed by atoms with E-state index in [1.807, 2.05) is 37.3 Å². The standard InChI is InChI=1S/C24H32O7/c1-14-9-10-19-15(2)21(27-13-17(20(25)26)16-7-5-4-6-8-16)28-22-24(19)18(14)11-12-23(3,29-22)30-31-24/h4-8,14-15,17-19,21-22H,9-13H2,1-3H3,(H,25,26)/t14-,15-,17?,18+,19+,21+,22-,23-,24-/m1/s1. The lowest BCUT2D eigenvalue weighted by atomic mass is 9.58. The van der Waals surface area contributed by atoms with Gasteiger partial charge in [-0.3, -0.25) is 4.79 Å². The number of rotatable bonds is 5. The molecule has 4 heterocycles. The van der Waals surface area contributed by atoms with Crippen molar-refractivity contribution >= 4 is 5.97 Å². The lowest BCUT2D eigenvalue weighted by Crippen LogP contribution is -2.70. The van der Waals surface area contributed by atoms with E-state index in [9.17, 15) is 9.90 Å². The van der Waals surface area contributed by atoms with E-state index in [0.29, 0.717) is 11.8 Å². The zero-order valence-electron chi connectivity index (χ0n) is 18.4. The quantitative estimate of drug-likeness (QED) is 0.702. The fourth-order valence-electron chi connectivity index (χ4n) is 6.25. The summed E-state index contributed by atoms with van der Waals surface area (Å²) in [6.07, 6.45) is 2.66. The summed E-state index contributed by atoms with van der Waals surface area (Å²) in [7, 11) is 0. The molecule has 170 valence electrons. The lowest BCUT2D eigenvalue weighted by molar-refractivity contribution is -0.577. The van der Waals surface area contributed by atoms with Crippen LogP contribution in [0.1, 0.15) is 57.9 Å². The van der Waals surface area contributed by atoms with Crippen molar-refractivity contribution in [3.05, 3.63) is 35.9 Å². The minimum absolute atomic E-state index is 0.0196. The monoisotopic (exact) mass is 432 g/mol. The Morgan fingerprint density at radius 3 is 2.68 bits per heavy atom. The van der Waals surface area contributed by atoms with E-state index in [2.05, 4.69) is 13.8 Å². The van der Waals surface area contributed by atoms with Gasteiger partial charge in [-0.2, -0.15) is 0 Å². The third kappa shape index (κ3) is 3.42. The van der Waals surface area contributed by atoms with Gasteiger partial charge in [-0.15, -0.1) is 0 Å². The molecular weight excluding hydrogens is 400 g/mol. The summed E-state index contributed by atoms with van der Waals surface area (Å²) in [4.78, 5) is 23.9. The van der Waals surface area contributed by atoms with Crippen LogP contribution in [0, 0.1) is 23.7 Å². The van der Waals surface area contributed by atoms with Gasteiger partial charge in [-0.1, -0.05) is 44.2 Å². The highest BCUT2D eigenvalue weighted by molar-refractivity contribution is 5.76. The number of ether oxygens (including phenoxy) is 3. The maximum Gasteiger partial charge on any atom is 0.313 e. The van der Waals surface area contributed by atoms with Crippen molar-refractivity contribution in [1.82, 2.24) is 0 Å². The highest BCUT2D eigenvalue weighted by Crippen LogP contribution is 2.60. The molecule has 1 spiro atoms. The lowest BCUT2D eigenvalue weighted by Gasteiger charge is -2.60. The largest absolute Gasteiger partial charge is 0.481 e. The van der Waals surface area contributed by atoms with Crippen LogP contribution in [0.15, 0.2) is 30.3 Å². The molecule has 9 atom stereocenters. The van der Waals surface area contributed by atoms with Gasteiger partial charge in [0.1, 0.15) is 5.92 Å². The Balaban J connectivity index is 1.39. The van der Waals surface area contributed by atoms with Crippen molar-refractivity contribution < 1.29 is 33.9 Å². The van der Waals surface area contributed by atoms with E-state index in [1.54, 1.807) is 0 Å². The van der Waals surface area contributed by atoms with Gasteiger partial charge in [0.25, 0.3) is 0 Å². The van der Waals surface area contributed by atoms with Crippen LogP contribution in [0.5, 0.6) is 0 Å². The Bertz CT molecular complexity index is 815. The average Bonchev–Trinajstić information content (AvgIpc) is 2.98. The molecule has 1 aromatic rings. The van der Waals surface area contributed by atoms with Gasteiger partial charge in [-0.05, 0) is 43.6 Å². The van der Waals surface area contributed by atoms with Crippen LogP contribution in [0.2, 0.25) is 0 Å². The summed E-state index contributed by atoms with van der Waals surface area (Å²) >= 11 is 0. The fraction of sp³-hybridized carbons (Fsp3) is 0.708. The molecule has 7 nitrogen and oxygen atoms in total. The molecule has 0 amide bonds. The van der Waals surface area contributed by atoms with Gasteiger partial charge >= 0.3 is 5.97 Å². The van der Waals surface area contributed by atoms with Crippen molar-refractivity contribution in [2.45, 2.75) is 76.3 Å². The molecule has 1 unspecified atom stereocenters. The Labute approximate surface area is 182 Å². The molecule has 2 bridgehead atoms. The highest BCUT2D eigenvalue weighted by atomic mass is 17.3. The maximum atomic E-state index is 11.9. The van der Waals surface area contributed by atoms with Gasteiger partial charge in [0.2, 0.25) is 5.79 Å². The number of carboxylic acids is 1. The zero-order valence-corrected chi connectivity index (χ0v) is 18.4. The number of carboxylic acid groups (broad SMARTS) is 1. The van der Waals surface area contributed by atoms with E-state index >= 15 is 0 Å². The SMILES string of the molecule is C[C@H]1[C@@H](OCC(C(=O)O)c2ccccc2)O[C@@H]2O[C@@]3(C)CC[C@H]4[C@H](C)CC[C@@H]1[C@@]24OO3. The molecule has 7 heteroatoms. The van der Waals surface area contributed by atoms with Gasteiger partial charge in [0.05, 0.1) is 6.61 Å². The van der Waals surface area contributed by atoms with E-state index in [4.69, 9.17) is 24.0 Å².